The number of hydrogen-bond acceptors (Lipinski definition) is 5. The van der Waals surface area contributed by atoms with Crippen LogP contribution in [0.2, 0.25) is 0 Å². The average molecular weight is 403 g/mol. The van der Waals surface area contributed by atoms with Crippen molar-refractivity contribution in [1.82, 2.24) is 4.90 Å². The van der Waals surface area contributed by atoms with E-state index in [1.54, 1.807) is 26.0 Å². The van der Waals surface area contributed by atoms with Gasteiger partial charge in [0.05, 0.1) is 5.60 Å². The van der Waals surface area contributed by atoms with Crippen molar-refractivity contribution in [2.45, 2.75) is 44.4 Å². The molecule has 0 aliphatic carbocycles. The molecule has 0 spiro atoms. The van der Waals surface area contributed by atoms with Crippen LogP contribution in [0, 0.1) is 5.82 Å². The maximum atomic E-state index is 13.0. The van der Waals surface area contributed by atoms with Gasteiger partial charge in [0, 0.05) is 13.1 Å². The Morgan fingerprint density at radius 1 is 1.03 bits per heavy atom. The van der Waals surface area contributed by atoms with Gasteiger partial charge in [-0.2, -0.15) is 0 Å². The van der Waals surface area contributed by atoms with Crippen LogP contribution in [0.5, 0.6) is 11.5 Å². The summed E-state index contributed by atoms with van der Waals surface area (Å²) in [5.41, 5.74) is -0.667. The molecule has 1 fully saturated rings. The minimum atomic E-state index is -0.928. The Labute approximate surface area is 171 Å². The van der Waals surface area contributed by atoms with Crippen LogP contribution in [-0.2, 0) is 6.54 Å². The van der Waals surface area contributed by atoms with Gasteiger partial charge >= 0.3 is 0 Å². The molecule has 0 aromatic heterocycles. The predicted octanol–water partition coefficient (Wildman–Crippen LogP) is 3.38. The summed E-state index contributed by atoms with van der Waals surface area (Å²) in [5, 5.41) is 20.7. The molecule has 0 bridgehead atoms. The summed E-state index contributed by atoms with van der Waals surface area (Å²) in [4.78, 5) is 2.21. The number of likely N-dealkylation sites (tertiary alicyclic amines) is 1. The summed E-state index contributed by atoms with van der Waals surface area (Å²) in [6, 6.07) is 13.6. The number of hydrogen-bond donors (Lipinski definition) is 2. The van der Waals surface area contributed by atoms with Gasteiger partial charge in [-0.05, 0) is 75.2 Å². The Kier molecular flexibility index (Phi) is 6.77. The molecule has 5 nitrogen and oxygen atoms in total. The second kappa shape index (κ2) is 9.11. The lowest BCUT2D eigenvalue weighted by molar-refractivity contribution is -0.0621. The molecule has 2 N–H and O–H groups in total. The van der Waals surface area contributed by atoms with Gasteiger partial charge in [0.1, 0.15) is 36.1 Å². The first-order valence-corrected chi connectivity index (χ1v) is 9.98. The Morgan fingerprint density at radius 2 is 1.66 bits per heavy atom. The maximum absolute atomic E-state index is 13.0. The summed E-state index contributed by atoms with van der Waals surface area (Å²) in [6.07, 6.45) is 1.56. The fourth-order valence-corrected chi connectivity index (χ4v) is 3.42. The Morgan fingerprint density at radius 3 is 2.31 bits per heavy atom. The molecule has 0 saturated carbocycles. The topological polar surface area (TPSA) is 62.2 Å². The number of benzene rings is 2. The van der Waals surface area contributed by atoms with E-state index in [-0.39, 0.29) is 19.0 Å². The minimum absolute atomic E-state index is 0.179. The van der Waals surface area contributed by atoms with Crippen molar-refractivity contribution in [3.8, 4) is 11.5 Å². The zero-order valence-corrected chi connectivity index (χ0v) is 17.1. The van der Waals surface area contributed by atoms with Gasteiger partial charge in [-0.25, -0.2) is 4.39 Å². The van der Waals surface area contributed by atoms with Crippen molar-refractivity contribution in [2.75, 3.05) is 26.3 Å². The first kappa shape index (κ1) is 21.6. The summed E-state index contributed by atoms with van der Waals surface area (Å²) in [5.74, 6) is 0.966. The van der Waals surface area contributed by atoms with Gasteiger partial charge in [-0.3, -0.25) is 4.90 Å². The van der Waals surface area contributed by atoms with Crippen LogP contribution in [0.1, 0.15) is 32.3 Å². The molecule has 1 saturated heterocycles. The molecule has 1 aliphatic heterocycles. The largest absolute Gasteiger partial charge is 0.491 e. The van der Waals surface area contributed by atoms with Crippen LogP contribution in [0.4, 0.5) is 4.39 Å². The molecule has 1 heterocycles. The normalized spacial score (nSPS) is 20.4. The Bertz CT molecular complexity index is 773. The van der Waals surface area contributed by atoms with Crippen LogP contribution in [0.3, 0.4) is 0 Å². The molecule has 2 aromatic rings. The quantitative estimate of drug-likeness (QED) is 0.708. The number of halogens is 1. The van der Waals surface area contributed by atoms with E-state index < -0.39 is 11.2 Å². The number of aliphatic hydroxyl groups is 2. The summed E-state index contributed by atoms with van der Waals surface area (Å²) in [7, 11) is 0. The monoisotopic (exact) mass is 403 g/mol. The highest BCUT2D eigenvalue weighted by molar-refractivity contribution is 5.27. The van der Waals surface area contributed by atoms with E-state index in [0.29, 0.717) is 18.7 Å². The average Bonchev–Trinajstić information content (AvgIpc) is 2.67. The van der Waals surface area contributed by atoms with Crippen molar-refractivity contribution in [1.29, 1.82) is 0 Å². The lowest BCUT2D eigenvalue weighted by Crippen LogP contribution is -2.51. The first-order valence-electron chi connectivity index (χ1n) is 9.98. The molecule has 1 atom stereocenters. The van der Waals surface area contributed by atoms with Crippen LogP contribution >= 0.6 is 0 Å². The molecule has 1 aliphatic rings. The molecule has 0 amide bonds. The Hall–Kier alpha value is -2.15. The molecule has 0 radical (unpaired) electrons. The van der Waals surface area contributed by atoms with Crippen molar-refractivity contribution < 1.29 is 24.1 Å². The lowest BCUT2D eigenvalue weighted by Gasteiger charge is -2.39. The van der Waals surface area contributed by atoms with Crippen LogP contribution in [-0.4, -0.2) is 52.6 Å². The summed E-state index contributed by atoms with van der Waals surface area (Å²) >= 11 is 0. The van der Waals surface area contributed by atoms with Crippen molar-refractivity contribution in [2.24, 2.45) is 0 Å². The third kappa shape index (κ3) is 6.99. The molecule has 3 rings (SSSR count). The molecule has 29 heavy (non-hydrogen) atoms. The Balaban J connectivity index is 1.51. The minimum Gasteiger partial charge on any atom is -0.491 e. The summed E-state index contributed by atoms with van der Waals surface area (Å²) < 4.78 is 24.3. The van der Waals surface area contributed by atoms with E-state index in [4.69, 9.17) is 9.47 Å². The first-order chi connectivity index (χ1) is 13.7. The molecule has 2 aromatic carbocycles. The number of ether oxygens (including phenoxy) is 2. The van der Waals surface area contributed by atoms with Gasteiger partial charge in [-0.15, -0.1) is 0 Å². The number of rotatable bonds is 8. The van der Waals surface area contributed by atoms with E-state index in [9.17, 15) is 14.6 Å². The van der Waals surface area contributed by atoms with Crippen LogP contribution < -0.4 is 9.47 Å². The molecule has 158 valence electrons. The second-order valence-corrected chi connectivity index (χ2v) is 8.53. The third-order valence-electron chi connectivity index (χ3n) is 4.88. The summed E-state index contributed by atoms with van der Waals surface area (Å²) in [6.45, 7) is 5.99. The SMILES string of the molecule is CC(C)(O)COc1ccc(CN2CCCC(O)(COc3ccc(F)cc3)C2)cc1. The molecular weight excluding hydrogens is 373 g/mol. The maximum Gasteiger partial charge on any atom is 0.123 e. The molecular formula is C23H30FNO4. The van der Waals surface area contributed by atoms with Gasteiger partial charge in [0.25, 0.3) is 0 Å². The highest BCUT2D eigenvalue weighted by Crippen LogP contribution is 2.25. The van der Waals surface area contributed by atoms with Crippen molar-refractivity contribution >= 4 is 0 Å². The zero-order valence-electron chi connectivity index (χ0n) is 17.1. The molecule has 1 unspecified atom stereocenters. The number of nitrogens with zero attached hydrogens (tertiary/aromatic N) is 1. The van der Waals surface area contributed by atoms with Crippen molar-refractivity contribution in [3.63, 3.8) is 0 Å². The van der Waals surface area contributed by atoms with E-state index in [1.165, 1.54) is 12.1 Å². The standard InChI is InChI=1S/C23H30FNO4/c1-22(2,26)16-28-20-8-4-18(5-9-20)14-25-13-3-12-23(27,15-25)17-29-21-10-6-19(24)7-11-21/h4-11,26-27H,3,12-17H2,1-2H3. The zero-order chi connectivity index (χ0) is 20.9. The van der Waals surface area contributed by atoms with Crippen LogP contribution in [0.15, 0.2) is 48.5 Å². The van der Waals surface area contributed by atoms with Crippen LogP contribution in [0.25, 0.3) is 0 Å². The molecule has 6 heteroatoms. The van der Waals surface area contributed by atoms with Crippen molar-refractivity contribution in [3.05, 3.63) is 59.9 Å². The van der Waals surface area contributed by atoms with Gasteiger partial charge in [0.15, 0.2) is 0 Å². The number of β-amino-alcohol motifs (C(OH)–C–C–N with tert-alkyl or cyclic N) is 1. The van der Waals surface area contributed by atoms with Gasteiger partial charge in [0.2, 0.25) is 0 Å². The van der Waals surface area contributed by atoms with Gasteiger partial charge < -0.3 is 19.7 Å². The van der Waals surface area contributed by atoms with E-state index in [0.717, 1.165) is 30.8 Å². The fraction of sp³-hybridized carbons (Fsp3) is 0.478. The fourth-order valence-electron chi connectivity index (χ4n) is 3.42. The van der Waals surface area contributed by atoms with Gasteiger partial charge in [-0.1, -0.05) is 12.1 Å². The smallest absolute Gasteiger partial charge is 0.123 e. The third-order valence-corrected chi connectivity index (χ3v) is 4.88. The van der Waals surface area contributed by atoms with E-state index >= 15 is 0 Å². The highest BCUT2D eigenvalue weighted by atomic mass is 19.1. The lowest BCUT2D eigenvalue weighted by atomic mass is 9.93. The van der Waals surface area contributed by atoms with E-state index in [1.807, 2.05) is 24.3 Å². The van der Waals surface area contributed by atoms with E-state index in [2.05, 4.69) is 4.90 Å². The number of piperidine rings is 1. The predicted molar refractivity (Wildman–Crippen MR) is 110 cm³/mol. The second-order valence-electron chi connectivity index (χ2n) is 8.53. The highest BCUT2D eigenvalue weighted by Gasteiger charge is 2.34.